The Morgan fingerprint density at radius 2 is 2.11 bits per heavy atom. The van der Waals surface area contributed by atoms with Crippen molar-refractivity contribution in [3.05, 3.63) is 51.7 Å². The van der Waals surface area contributed by atoms with Crippen LogP contribution < -0.4 is 4.74 Å². The van der Waals surface area contributed by atoms with Crippen molar-refractivity contribution in [1.82, 2.24) is 9.88 Å². The molecule has 1 atom stereocenters. The molecule has 0 amide bonds. The molecule has 0 aliphatic carbocycles. The standard InChI is InChI=1S/C20H19N3O4/c24-11-13-1-2-18(23(25)26)17(7-13)15-8-14-9-20(27-19(14)21-10-15)12-22-5-3-16(20)4-6-22/h1-2,7-8,10-11,16H,3-6,9,12H2. The van der Waals surface area contributed by atoms with Crippen LogP contribution in [0.4, 0.5) is 5.69 Å². The van der Waals surface area contributed by atoms with Gasteiger partial charge in [-0.15, -0.1) is 0 Å². The van der Waals surface area contributed by atoms with Crippen molar-refractivity contribution >= 4 is 12.0 Å². The average Bonchev–Trinajstić information content (AvgIpc) is 3.04. The van der Waals surface area contributed by atoms with E-state index in [4.69, 9.17) is 4.74 Å². The molecule has 0 radical (unpaired) electrons. The number of pyridine rings is 1. The Bertz CT molecular complexity index is 952. The number of hydrogen-bond donors (Lipinski definition) is 0. The van der Waals surface area contributed by atoms with E-state index in [-0.39, 0.29) is 11.3 Å². The lowest BCUT2D eigenvalue weighted by atomic mass is 9.73. The largest absolute Gasteiger partial charge is 0.469 e. The van der Waals surface area contributed by atoms with Gasteiger partial charge in [-0.2, -0.15) is 0 Å². The van der Waals surface area contributed by atoms with E-state index in [0.29, 0.717) is 34.8 Å². The molecule has 0 N–H and O–H groups in total. The first-order chi connectivity index (χ1) is 13.1. The monoisotopic (exact) mass is 365 g/mol. The van der Waals surface area contributed by atoms with Crippen LogP contribution in [-0.4, -0.2) is 46.3 Å². The van der Waals surface area contributed by atoms with E-state index in [0.717, 1.165) is 44.5 Å². The van der Waals surface area contributed by atoms with Crippen LogP contribution >= 0.6 is 0 Å². The number of carbonyl (C=O) groups is 1. The zero-order valence-corrected chi connectivity index (χ0v) is 14.8. The molecule has 6 rings (SSSR count). The van der Waals surface area contributed by atoms with Crippen LogP contribution in [0.25, 0.3) is 11.1 Å². The third-order valence-corrected chi connectivity index (χ3v) is 6.20. The molecule has 1 aromatic heterocycles. The first-order valence-corrected chi connectivity index (χ1v) is 9.22. The number of fused-ring (bicyclic) bond motifs is 3. The maximum Gasteiger partial charge on any atom is 0.277 e. The van der Waals surface area contributed by atoms with Crippen LogP contribution in [0, 0.1) is 16.0 Å². The molecule has 3 fully saturated rings. The smallest absolute Gasteiger partial charge is 0.277 e. The van der Waals surface area contributed by atoms with Crippen molar-refractivity contribution in [1.29, 1.82) is 0 Å². The minimum Gasteiger partial charge on any atom is -0.469 e. The fraction of sp³-hybridized carbons (Fsp3) is 0.400. The summed E-state index contributed by atoms with van der Waals surface area (Å²) < 4.78 is 6.34. The highest BCUT2D eigenvalue weighted by Gasteiger charge is 2.52. The Kier molecular flexibility index (Phi) is 3.55. The third kappa shape index (κ3) is 2.53. The highest BCUT2D eigenvalue weighted by molar-refractivity contribution is 5.83. The second-order valence-electron chi connectivity index (χ2n) is 7.73. The zero-order chi connectivity index (χ0) is 18.6. The minimum atomic E-state index is -0.428. The highest BCUT2D eigenvalue weighted by Crippen LogP contribution is 2.47. The summed E-state index contributed by atoms with van der Waals surface area (Å²) in [4.78, 5) is 29.0. The Hall–Kier alpha value is -2.80. The summed E-state index contributed by atoms with van der Waals surface area (Å²) in [5.41, 5.74) is 2.22. The van der Waals surface area contributed by atoms with Crippen molar-refractivity contribution in [2.45, 2.75) is 24.9 Å². The summed E-state index contributed by atoms with van der Waals surface area (Å²) in [7, 11) is 0. The topological polar surface area (TPSA) is 85.6 Å². The molecule has 4 aliphatic heterocycles. The SMILES string of the molecule is O=Cc1ccc([N+](=O)[O-])c(-c2cnc3c(c2)CC2(CN4CCC2CC4)O3)c1. The maximum absolute atomic E-state index is 11.4. The fourth-order valence-electron chi connectivity index (χ4n) is 4.87. The molecule has 1 unspecified atom stereocenters. The van der Waals surface area contributed by atoms with Crippen molar-refractivity contribution in [2.75, 3.05) is 19.6 Å². The molecule has 4 aliphatic rings. The Morgan fingerprint density at radius 3 is 2.78 bits per heavy atom. The van der Waals surface area contributed by atoms with Gasteiger partial charge in [-0.25, -0.2) is 4.98 Å². The second kappa shape index (κ2) is 5.85. The Morgan fingerprint density at radius 1 is 1.30 bits per heavy atom. The van der Waals surface area contributed by atoms with E-state index in [1.54, 1.807) is 12.3 Å². The van der Waals surface area contributed by atoms with E-state index in [9.17, 15) is 14.9 Å². The number of ether oxygens (including phenoxy) is 1. The summed E-state index contributed by atoms with van der Waals surface area (Å²) in [6.07, 6.45) is 5.38. The minimum absolute atomic E-state index is 0.0289. The van der Waals surface area contributed by atoms with Gasteiger partial charge in [0.25, 0.3) is 5.69 Å². The number of aldehydes is 1. The number of nitrogens with zero attached hydrogens (tertiary/aromatic N) is 3. The predicted molar refractivity (Wildman–Crippen MR) is 97.9 cm³/mol. The van der Waals surface area contributed by atoms with Gasteiger partial charge in [0.05, 0.1) is 10.5 Å². The van der Waals surface area contributed by atoms with Gasteiger partial charge < -0.3 is 4.74 Å². The molecule has 138 valence electrons. The number of nitro groups is 1. The number of aromatic nitrogens is 1. The lowest BCUT2D eigenvalue weighted by Crippen LogP contribution is -2.61. The van der Waals surface area contributed by atoms with Gasteiger partial charge in [-0.1, -0.05) is 0 Å². The van der Waals surface area contributed by atoms with Crippen LogP contribution in [0.2, 0.25) is 0 Å². The quantitative estimate of drug-likeness (QED) is 0.472. The molecule has 7 heteroatoms. The summed E-state index contributed by atoms with van der Waals surface area (Å²) >= 11 is 0. The van der Waals surface area contributed by atoms with Gasteiger partial charge in [0.2, 0.25) is 5.88 Å². The summed E-state index contributed by atoms with van der Waals surface area (Å²) in [6.45, 7) is 3.19. The van der Waals surface area contributed by atoms with E-state index in [1.165, 1.54) is 12.1 Å². The van der Waals surface area contributed by atoms with E-state index in [2.05, 4.69) is 9.88 Å². The normalized spacial score (nSPS) is 28.0. The van der Waals surface area contributed by atoms with Gasteiger partial charge in [-0.3, -0.25) is 19.8 Å². The molecular weight excluding hydrogens is 346 g/mol. The molecule has 1 spiro atoms. The van der Waals surface area contributed by atoms with Gasteiger partial charge in [0, 0.05) is 47.8 Å². The molecular formula is C20H19N3O4. The average molecular weight is 365 g/mol. The molecule has 2 aromatic rings. The Balaban J connectivity index is 1.54. The van der Waals surface area contributed by atoms with Crippen molar-refractivity contribution in [3.63, 3.8) is 0 Å². The second-order valence-corrected chi connectivity index (χ2v) is 7.73. The van der Waals surface area contributed by atoms with Gasteiger partial charge in [0.15, 0.2) is 0 Å². The molecule has 27 heavy (non-hydrogen) atoms. The van der Waals surface area contributed by atoms with E-state index < -0.39 is 4.92 Å². The first-order valence-electron chi connectivity index (χ1n) is 9.22. The van der Waals surface area contributed by atoms with Crippen LogP contribution in [0.5, 0.6) is 5.88 Å². The number of benzene rings is 1. The molecule has 1 aromatic carbocycles. The van der Waals surface area contributed by atoms with E-state index in [1.807, 2.05) is 6.07 Å². The fourth-order valence-corrected chi connectivity index (χ4v) is 4.87. The summed E-state index contributed by atoms with van der Waals surface area (Å²) in [5.74, 6) is 1.18. The number of rotatable bonds is 3. The number of piperidine rings is 3. The summed E-state index contributed by atoms with van der Waals surface area (Å²) in [6, 6.07) is 6.32. The molecule has 0 saturated carbocycles. The van der Waals surface area contributed by atoms with E-state index >= 15 is 0 Å². The Labute approximate surface area is 156 Å². The van der Waals surface area contributed by atoms with Crippen LogP contribution in [-0.2, 0) is 6.42 Å². The first kappa shape index (κ1) is 16.4. The van der Waals surface area contributed by atoms with Crippen molar-refractivity contribution in [3.8, 4) is 17.0 Å². The summed E-state index contributed by atoms with van der Waals surface area (Å²) in [5, 5.41) is 11.4. The molecule has 3 saturated heterocycles. The van der Waals surface area contributed by atoms with Crippen LogP contribution in [0.1, 0.15) is 28.8 Å². The van der Waals surface area contributed by atoms with Crippen molar-refractivity contribution in [2.24, 2.45) is 5.92 Å². The number of carbonyl (C=O) groups excluding carboxylic acids is 1. The van der Waals surface area contributed by atoms with Gasteiger partial charge in [0.1, 0.15) is 11.9 Å². The molecule has 2 bridgehead atoms. The lowest BCUT2D eigenvalue weighted by Gasteiger charge is -2.50. The zero-order valence-electron chi connectivity index (χ0n) is 14.8. The molecule has 7 nitrogen and oxygen atoms in total. The van der Waals surface area contributed by atoms with Crippen LogP contribution in [0.15, 0.2) is 30.5 Å². The molecule has 5 heterocycles. The third-order valence-electron chi connectivity index (χ3n) is 6.20. The van der Waals surface area contributed by atoms with Gasteiger partial charge in [-0.05, 0) is 44.1 Å². The highest BCUT2D eigenvalue weighted by atomic mass is 16.6. The van der Waals surface area contributed by atoms with Crippen molar-refractivity contribution < 1.29 is 14.5 Å². The number of hydrogen-bond acceptors (Lipinski definition) is 6. The number of nitro benzene ring substituents is 1. The maximum atomic E-state index is 11.4. The lowest BCUT2D eigenvalue weighted by molar-refractivity contribution is -0.384. The predicted octanol–water partition coefficient (Wildman–Crippen LogP) is 2.87. The van der Waals surface area contributed by atoms with Crippen LogP contribution in [0.3, 0.4) is 0 Å². The van der Waals surface area contributed by atoms with Gasteiger partial charge >= 0.3 is 0 Å².